The van der Waals surface area contributed by atoms with E-state index in [1.165, 1.54) is 5.39 Å². The summed E-state index contributed by atoms with van der Waals surface area (Å²) < 4.78 is 1.93. The quantitative estimate of drug-likeness (QED) is 0.491. The van der Waals surface area contributed by atoms with E-state index in [1.54, 1.807) is 6.07 Å². The Labute approximate surface area is 158 Å². The number of fused-ring (bicyclic) bond motifs is 2. The van der Waals surface area contributed by atoms with Crippen LogP contribution in [0.15, 0.2) is 48.5 Å². The minimum Gasteiger partial charge on any atom is -0.477 e. The molecular weight excluding hydrogens is 394 g/mol. The lowest BCUT2D eigenvalue weighted by atomic mass is 10.1. The minimum absolute atomic E-state index is 0.0226. The van der Waals surface area contributed by atoms with Gasteiger partial charge in [0, 0.05) is 0 Å². The predicted molar refractivity (Wildman–Crippen MR) is 105 cm³/mol. The van der Waals surface area contributed by atoms with E-state index in [1.807, 2.05) is 30.5 Å². The summed E-state index contributed by atoms with van der Waals surface area (Å²) in [4.78, 5) is 20.1. The number of hydrogen-bond acceptors (Lipinski definition) is 3. The first-order chi connectivity index (χ1) is 12.5. The highest BCUT2D eigenvalue weighted by molar-refractivity contribution is 9.09. The zero-order valence-corrected chi connectivity index (χ0v) is 15.9. The topological polar surface area (TPSA) is 68.0 Å². The van der Waals surface area contributed by atoms with Crippen molar-refractivity contribution in [3.63, 3.8) is 0 Å². The summed E-state index contributed by atoms with van der Waals surface area (Å²) in [7, 11) is 0. The number of imidazole rings is 1. The number of nitrogens with zero attached hydrogens (tertiary/aromatic N) is 3. The number of aryl methyl sites for hydroxylation is 2. The third kappa shape index (κ3) is 2.66. The number of carboxylic acid groups (broad SMARTS) is 1. The maximum absolute atomic E-state index is 11.4. The van der Waals surface area contributed by atoms with Gasteiger partial charge in [-0.15, -0.1) is 0 Å². The molecule has 0 spiro atoms. The normalized spacial score (nSPS) is 12.6. The van der Waals surface area contributed by atoms with Crippen LogP contribution in [-0.4, -0.2) is 25.6 Å². The second-order valence-electron chi connectivity index (χ2n) is 6.27. The van der Waals surface area contributed by atoms with Gasteiger partial charge in [0.25, 0.3) is 0 Å². The van der Waals surface area contributed by atoms with Crippen LogP contribution in [0.25, 0.3) is 21.9 Å². The smallest absolute Gasteiger partial charge is 0.354 e. The summed E-state index contributed by atoms with van der Waals surface area (Å²) in [6.07, 6.45) is 0. The zero-order valence-electron chi connectivity index (χ0n) is 14.3. The zero-order chi connectivity index (χ0) is 18.4. The molecule has 2 heterocycles. The molecule has 2 aromatic carbocycles. The van der Waals surface area contributed by atoms with E-state index in [-0.39, 0.29) is 10.6 Å². The van der Waals surface area contributed by atoms with Crippen LogP contribution in [0, 0.1) is 13.8 Å². The molecule has 1 unspecified atom stereocenters. The van der Waals surface area contributed by atoms with Crippen LogP contribution >= 0.6 is 15.9 Å². The highest BCUT2D eigenvalue weighted by Gasteiger charge is 2.20. The average molecular weight is 410 g/mol. The van der Waals surface area contributed by atoms with Gasteiger partial charge < -0.3 is 5.11 Å². The SMILES string of the molecule is Cc1cc(C(=O)O)nc2c1nc(C)n2C(Br)c1ccc2ccccc2c1. The second kappa shape index (κ2) is 6.21. The number of aromatic nitrogens is 3. The average Bonchev–Trinajstić information content (AvgIpc) is 2.97. The van der Waals surface area contributed by atoms with Gasteiger partial charge >= 0.3 is 5.97 Å². The molecule has 6 heteroatoms. The summed E-state index contributed by atoms with van der Waals surface area (Å²) >= 11 is 3.75. The first-order valence-electron chi connectivity index (χ1n) is 8.18. The second-order valence-corrected chi connectivity index (χ2v) is 7.14. The van der Waals surface area contributed by atoms with Crippen molar-refractivity contribution < 1.29 is 9.90 Å². The van der Waals surface area contributed by atoms with Gasteiger partial charge in [-0.2, -0.15) is 0 Å². The molecule has 0 saturated heterocycles. The highest BCUT2D eigenvalue weighted by Crippen LogP contribution is 2.32. The van der Waals surface area contributed by atoms with Gasteiger partial charge in [0.15, 0.2) is 11.3 Å². The minimum atomic E-state index is -1.04. The van der Waals surface area contributed by atoms with Crippen LogP contribution in [0.3, 0.4) is 0 Å². The first-order valence-corrected chi connectivity index (χ1v) is 9.09. The van der Waals surface area contributed by atoms with Crippen molar-refractivity contribution in [1.29, 1.82) is 0 Å². The van der Waals surface area contributed by atoms with Crippen molar-refractivity contribution in [2.45, 2.75) is 18.8 Å². The summed E-state index contributed by atoms with van der Waals surface area (Å²) in [5, 5.41) is 11.7. The molecule has 1 atom stereocenters. The molecule has 2 aromatic heterocycles. The number of alkyl halides is 1. The van der Waals surface area contributed by atoms with Crippen molar-refractivity contribution in [2.24, 2.45) is 0 Å². The lowest BCUT2D eigenvalue weighted by Crippen LogP contribution is -2.09. The first kappa shape index (κ1) is 16.7. The molecule has 0 amide bonds. The Morgan fingerprint density at radius 1 is 1.08 bits per heavy atom. The van der Waals surface area contributed by atoms with E-state index >= 15 is 0 Å². The molecule has 130 valence electrons. The molecule has 4 aromatic rings. The molecule has 1 N–H and O–H groups in total. The molecule has 0 saturated carbocycles. The molecule has 5 nitrogen and oxygen atoms in total. The Bertz CT molecular complexity index is 1170. The largest absolute Gasteiger partial charge is 0.477 e. The number of pyridine rings is 1. The third-order valence-corrected chi connectivity index (χ3v) is 5.45. The number of carboxylic acids is 1. The van der Waals surface area contributed by atoms with Crippen LogP contribution in [0.1, 0.15) is 32.4 Å². The summed E-state index contributed by atoms with van der Waals surface area (Å²) in [6.45, 7) is 3.75. The maximum Gasteiger partial charge on any atom is 0.354 e. The van der Waals surface area contributed by atoms with Gasteiger partial charge in [0.2, 0.25) is 0 Å². The lowest BCUT2D eigenvalue weighted by molar-refractivity contribution is 0.0690. The van der Waals surface area contributed by atoms with Crippen molar-refractivity contribution in [3.05, 3.63) is 71.2 Å². The lowest BCUT2D eigenvalue weighted by Gasteiger charge is -2.15. The molecule has 0 bridgehead atoms. The van der Waals surface area contributed by atoms with Crippen LogP contribution in [-0.2, 0) is 0 Å². The Morgan fingerprint density at radius 3 is 2.54 bits per heavy atom. The van der Waals surface area contributed by atoms with Gasteiger partial charge in [-0.3, -0.25) is 4.57 Å². The van der Waals surface area contributed by atoms with Crippen molar-refractivity contribution >= 4 is 43.8 Å². The summed E-state index contributed by atoms with van der Waals surface area (Å²) in [6, 6.07) is 16.0. The fourth-order valence-corrected chi connectivity index (χ4v) is 3.99. The van der Waals surface area contributed by atoms with Crippen LogP contribution in [0.5, 0.6) is 0 Å². The molecule has 0 aliphatic carbocycles. The number of benzene rings is 2. The van der Waals surface area contributed by atoms with Gasteiger partial charge in [-0.1, -0.05) is 52.3 Å². The van der Waals surface area contributed by atoms with E-state index in [0.29, 0.717) is 5.65 Å². The van der Waals surface area contributed by atoms with E-state index in [2.05, 4.69) is 56.2 Å². The predicted octanol–water partition coefficient (Wildman–Crippen LogP) is 4.84. The van der Waals surface area contributed by atoms with Crippen molar-refractivity contribution in [3.8, 4) is 0 Å². The molecule has 0 aliphatic rings. The van der Waals surface area contributed by atoms with E-state index in [4.69, 9.17) is 0 Å². The van der Waals surface area contributed by atoms with Crippen LogP contribution < -0.4 is 0 Å². The van der Waals surface area contributed by atoms with Gasteiger partial charge in [-0.25, -0.2) is 14.8 Å². The Balaban J connectivity index is 1.91. The number of hydrogen-bond donors (Lipinski definition) is 1. The van der Waals surface area contributed by atoms with E-state index < -0.39 is 5.97 Å². The van der Waals surface area contributed by atoms with Gasteiger partial charge in [0.1, 0.15) is 16.3 Å². The Kier molecular flexibility index (Phi) is 4.00. The van der Waals surface area contributed by atoms with E-state index in [0.717, 1.165) is 27.9 Å². The number of aromatic carboxylic acids is 1. The highest BCUT2D eigenvalue weighted by atomic mass is 79.9. The third-order valence-electron chi connectivity index (χ3n) is 4.51. The number of halogens is 1. The molecule has 0 fully saturated rings. The fourth-order valence-electron chi connectivity index (χ4n) is 3.21. The van der Waals surface area contributed by atoms with Crippen LogP contribution in [0.2, 0.25) is 0 Å². The monoisotopic (exact) mass is 409 g/mol. The summed E-state index contributed by atoms with van der Waals surface area (Å²) in [5.41, 5.74) is 3.15. The molecule has 4 rings (SSSR count). The summed E-state index contributed by atoms with van der Waals surface area (Å²) in [5.74, 6) is -0.273. The molecule has 0 radical (unpaired) electrons. The van der Waals surface area contributed by atoms with Crippen molar-refractivity contribution in [2.75, 3.05) is 0 Å². The maximum atomic E-state index is 11.4. The fraction of sp³-hybridized carbons (Fsp3) is 0.150. The molecule has 26 heavy (non-hydrogen) atoms. The van der Waals surface area contributed by atoms with Gasteiger partial charge in [-0.05, 0) is 47.9 Å². The van der Waals surface area contributed by atoms with Gasteiger partial charge in [0.05, 0.1) is 0 Å². The number of rotatable bonds is 3. The van der Waals surface area contributed by atoms with Crippen LogP contribution in [0.4, 0.5) is 0 Å². The Hall–Kier alpha value is -2.73. The standard InChI is InChI=1S/C20H16BrN3O2/c1-11-9-16(20(25)26)23-19-17(11)22-12(2)24(19)18(21)15-8-7-13-5-3-4-6-14(13)10-15/h3-10,18H,1-2H3,(H,25,26). The molecular formula is C20H16BrN3O2. The Morgan fingerprint density at radius 2 is 1.81 bits per heavy atom. The van der Waals surface area contributed by atoms with E-state index in [9.17, 15) is 9.90 Å². The number of carbonyl (C=O) groups is 1. The molecule has 0 aliphatic heterocycles. The van der Waals surface area contributed by atoms with Crippen molar-refractivity contribution in [1.82, 2.24) is 14.5 Å².